The third-order valence-electron chi connectivity index (χ3n) is 2.20. The van der Waals surface area contributed by atoms with Gasteiger partial charge in [-0.1, -0.05) is 0 Å². The Kier molecular flexibility index (Phi) is 3.54. The first-order valence-corrected chi connectivity index (χ1v) is 5.83. The molecule has 3 nitrogen and oxygen atoms in total. The van der Waals surface area contributed by atoms with E-state index in [0.717, 1.165) is 16.5 Å². The monoisotopic (exact) mass is 291 g/mol. The predicted octanol–water partition coefficient (Wildman–Crippen LogP) is 3.76. The minimum atomic E-state index is 0.603. The molecule has 0 bridgehead atoms. The fourth-order valence-electron chi connectivity index (χ4n) is 1.31. The number of hydrogen-bond acceptors (Lipinski definition) is 3. The molecule has 0 unspecified atom stereocenters. The zero-order chi connectivity index (χ0) is 12.3. The van der Waals surface area contributed by atoms with Gasteiger partial charge in [0.15, 0.2) is 0 Å². The molecule has 1 aromatic heterocycles. The zero-order valence-corrected chi connectivity index (χ0v) is 10.8. The number of hydrogen-bond donors (Lipinski definition) is 0. The zero-order valence-electron chi connectivity index (χ0n) is 9.18. The molecule has 0 aliphatic rings. The van der Waals surface area contributed by atoms with Crippen LogP contribution in [0.25, 0.3) is 0 Å². The number of pyridine rings is 1. The van der Waals surface area contributed by atoms with E-state index in [2.05, 4.69) is 20.9 Å². The van der Waals surface area contributed by atoms with Crippen LogP contribution < -0.4 is 4.74 Å². The first-order valence-electron chi connectivity index (χ1n) is 5.04. The maximum Gasteiger partial charge on any atom is 0.150 e. The summed E-state index contributed by atoms with van der Waals surface area (Å²) >= 11 is 3.36. The SMILES string of the molecule is Cc1ccc(Oc2ccc(C=O)cc2Br)cn1. The van der Waals surface area contributed by atoms with Gasteiger partial charge in [0.1, 0.15) is 17.8 Å². The van der Waals surface area contributed by atoms with Gasteiger partial charge in [0.25, 0.3) is 0 Å². The standard InChI is InChI=1S/C13H10BrNO2/c1-9-2-4-11(7-15-9)17-13-5-3-10(8-16)6-12(13)14/h2-8H,1H3. The lowest BCUT2D eigenvalue weighted by Crippen LogP contribution is -1.89. The first kappa shape index (κ1) is 11.8. The lowest BCUT2D eigenvalue weighted by molar-refractivity contribution is 0.112. The van der Waals surface area contributed by atoms with Crippen molar-refractivity contribution in [1.29, 1.82) is 0 Å². The highest BCUT2D eigenvalue weighted by Crippen LogP contribution is 2.29. The highest BCUT2D eigenvalue weighted by Gasteiger charge is 2.04. The molecule has 0 amide bonds. The average Bonchev–Trinajstić information content (AvgIpc) is 2.34. The van der Waals surface area contributed by atoms with Gasteiger partial charge < -0.3 is 4.74 Å². The van der Waals surface area contributed by atoms with E-state index >= 15 is 0 Å². The Morgan fingerprint density at radius 2 is 2.12 bits per heavy atom. The van der Waals surface area contributed by atoms with Crippen LogP contribution >= 0.6 is 15.9 Å². The van der Waals surface area contributed by atoms with E-state index in [0.29, 0.717) is 17.1 Å². The third-order valence-corrected chi connectivity index (χ3v) is 2.82. The molecule has 1 heterocycles. The molecule has 86 valence electrons. The Balaban J connectivity index is 2.24. The number of nitrogens with zero attached hydrogens (tertiary/aromatic N) is 1. The topological polar surface area (TPSA) is 39.2 Å². The molecule has 0 radical (unpaired) electrons. The number of halogens is 1. The van der Waals surface area contributed by atoms with E-state index < -0.39 is 0 Å². The van der Waals surface area contributed by atoms with Crippen molar-refractivity contribution in [1.82, 2.24) is 4.98 Å². The lowest BCUT2D eigenvalue weighted by Gasteiger charge is -2.07. The van der Waals surface area contributed by atoms with Crippen molar-refractivity contribution in [2.45, 2.75) is 6.92 Å². The number of aryl methyl sites for hydroxylation is 1. The van der Waals surface area contributed by atoms with Gasteiger partial charge in [0, 0.05) is 11.3 Å². The molecule has 2 aromatic rings. The van der Waals surface area contributed by atoms with Crippen LogP contribution in [0, 0.1) is 6.92 Å². The van der Waals surface area contributed by atoms with Gasteiger partial charge in [-0.2, -0.15) is 0 Å². The van der Waals surface area contributed by atoms with Gasteiger partial charge in [-0.25, -0.2) is 0 Å². The van der Waals surface area contributed by atoms with Crippen molar-refractivity contribution in [3.05, 3.63) is 52.3 Å². The quantitative estimate of drug-likeness (QED) is 0.809. The molecule has 1 aromatic carbocycles. The molecule has 0 fully saturated rings. The van der Waals surface area contributed by atoms with E-state index in [9.17, 15) is 4.79 Å². The number of ether oxygens (including phenoxy) is 1. The number of carbonyl (C=O) groups excluding carboxylic acids is 1. The molecule has 4 heteroatoms. The maximum absolute atomic E-state index is 10.6. The van der Waals surface area contributed by atoms with Gasteiger partial charge in [-0.05, 0) is 53.2 Å². The van der Waals surface area contributed by atoms with Crippen LogP contribution in [0.3, 0.4) is 0 Å². The van der Waals surface area contributed by atoms with Crippen molar-refractivity contribution >= 4 is 22.2 Å². The fourth-order valence-corrected chi connectivity index (χ4v) is 1.79. The molecule has 0 saturated heterocycles. The van der Waals surface area contributed by atoms with Crippen molar-refractivity contribution in [3.8, 4) is 11.5 Å². The Bertz CT molecular complexity index is 538. The largest absolute Gasteiger partial charge is 0.455 e. The molecule has 0 aliphatic heterocycles. The van der Waals surface area contributed by atoms with Gasteiger partial charge in [0.2, 0.25) is 0 Å². The van der Waals surface area contributed by atoms with Crippen molar-refractivity contribution in [3.63, 3.8) is 0 Å². The molecule has 2 rings (SSSR count). The van der Waals surface area contributed by atoms with Crippen LogP contribution in [-0.2, 0) is 0 Å². The minimum absolute atomic E-state index is 0.603. The molecule has 0 saturated carbocycles. The van der Waals surface area contributed by atoms with E-state index in [1.165, 1.54) is 0 Å². The van der Waals surface area contributed by atoms with Gasteiger partial charge >= 0.3 is 0 Å². The number of benzene rings is 1. The molecule has 0 aliphatic carbocycles. The summed E-state index contributed by atoms with van der Waals surface area (Å²) in [7, 11) is 0. The Hall–Kier alpha value is -1.68. The summed E-state index contributed by atoms with van der Waals surface area (Å²) in [6.07, 6.45) is 2.46. The highest BCUT2D eigenvalue weighted by molar-refractivity contribution is 9.10. The van der Waals surface area contributed by atoms with Crippen molar-refractivity contribution in [2.24, 2.45) is 0 Å². The van der Waals surface area contributed by atoms with E-state index in [1.54, 1.807) is 24.4 Å². The molecular weight excluding hydrogens is 282 g/mol. The second-order valence-corrected chi connectivity index (χ2v) is 4.40. The summed E-state index contributed by atoms with van der Waals surface area (Å²) in [4.78, 5) is 14.7. The van der Waals surface area contributed by atoms with E-state index in [1.807, 2.05) is 19.1 Å². The second kappa shape index (κ2) is 5.10. The number of aldehydes is 1. The van der Waals surface area contributed by atoms with E-state index in [-0.39, 0.29) is 0 Å². The number of carbonyl (C=O) groups is 1. The molecule has 0 N–H and O–H groups in total. The van der Waals surface area contributed by atoms with Crippen LogP contribution in [0.1, 0.15) is 16.1 Å². The van der Waals surface area contributed by atoms with Crippen molar-refractivity contribution < 1.29 is 9.53 Å². The summed E-state index contributed by atoms with van der Waals surface area (Å²) in [6, 6.07) is 8.89. The number of rotatable bonds is 3. The van der Waals surface area contributed by atoms with E-state index in [4.69, 9.17) is 4.74 Å². The molecule has 0 atom stereocenters. The summed E-state index contributed by atoms with van der Waals surface area (Å²) in [5.41, 5.74) is 1.54. The van der Waals surface area contributed by atoms with Gasteiger partial charge in [0.05, 0.1) is 10.7 Å². The lowest BCUT2D eigenvalue weighted by atomic mass is 10.2. The van der Waals surface area contributed by atoms with Crippen LogP contribution in [-0.4, -0.2) is 11.3 Å². The summed E-state index contributed by atoms with van der Waals surface area (Å²) < 4.78 is 6.38. The molecule has 0 spiro atoms. The Morgan fingerprint density at radius 1 is 1.29 bits per heavy atom. The van der Waals surface area contributed by atoms with Crippen LogP contribution in [0.15, 0.2) is 41.0 Å². The third kappa shape index (κ3) is 2.91. The van der Waals surface area contributed by atoms with Gasteiger partial charge in [-0.3, -0.25) is 9.78 Å². The van der Waals surface area contributed by atoms with Crippen LogP contribution in [0.5, 0.6) is 11.5 Å². The van der Waals surface area contributed by atoms with Gasteiger partial charge in [-0.15, -0.1) is 0 Å². The molecule has 17 heavy (non-hydrogen) atoms. The van der Waals surface area contributed by atoms with Crippen LogP contribution in [0.2, 0.25) is 0 Å². The number of aromatic nitrogens is 1. The summed E-state index contributed by atoms with van der Waals surface area (Å²) in [5, 5.41) is 0. The minimum Gasteiger partial charge on any atom is -0.455 e. The predicted molar refractivity (Wildman–Crippen MR) is 68.6 cm³/mol. The first-order chi connectivity index (χ1) is 8.19. The van der Waals surface area contributed by atoms with Crippen molar-refractivity contribution in [2.75, 3.05) is 0 Å². The normalized spacial score (nSPS) is 10.0. The van der Waals surface area contributed by atoms with Crippen LogP contribution in [0.4, 0.5) is 0 Å². The average molecular weight is 292 g/mol. The summed E-state index contributed by atoms with van der Waals surface area (Å²) in [5.74, 6) is 1.32. The summed E-state index contributed by atoms with van der Waals surface area (Å²) in [6.45, 7) is 1.92. The maximum atomic E-state index is 10.6. The highest BCUT2D eigenvalue weighted by atomic mass is 79.9. The smallest absolute Gasteiger partial charge is 0.150 e. The molecular formula is C13H10BrNO2. The second-order valence-electron chi connectivity index (χ2n) is 3.55. The fraction of sp³-hybridized carbons (Fsp3) is 0.0769. The Labute approximate surface area is 108 Å². The Morgan fingerprint density at radius 3 is 2.71 bits per heavy atom.